The van der Waals surface area contributed by atoms with Gasteiger partial charge in [-0.2, -0.15) is 0 Å². The molecule has 0 saturated carbocycles. The lowest BCUT2D eigenvalue weighted by Crippen LogP contribution is -1.94. The molecule has 1 fully saturated rings. The highest BCUT2D eigenvalue weighted by Gasteiger charge is 2.16. The summed E-state index contributed by atoms with van der Waals surface area (Å²) in [6, 6.07) is 8.64. The van der Waals surface area contributed by atoms with Crippen molar-refractivity contribution in [3.63, 3.8) is 0 Å². The van der Waals surface area contributed by atoms with Crippen LogP contribution in [-0.4, -0.2) is 6.61 Å². The summed E-state index contributed by atoms with van der Waals surface area (Å²) in [5, 5.41) is 0. The monoisotopic (exact) mass is 162 g/mol. The molecule has 1 aromatic rings. The van der Waals surface area contributed by atoms with Crippen LogP contribution in [0.3, 0.4) is 0 Å². The fourth-order valence-corrected chi connectivity index (χ4v) is 1.62. The summed E-state index contributed by atoms with van der Waals surface area (Å²) in [5.41, 5.74) is 2.65. The summed E-state index contributed by atoms with van der Waals surface area (Å²) in [5.74, 6) is 0. The molecule has 0 radical (unpaired) electrons. The molecule has 1 heteroatoms. The van der Waals surface area contributed by atoms with E-state index in [1.165, 1.54) is 24.0 Å². The average Bonchev–Trinajstić information content (AvgIpc) is 2.58. The van der Waals surface area contributed by atoms with E-state index in [2.05, 4.69) is 31.2 Å². The van der Waals surface area contributed by atoms with E-state index in [4.69, 9.17) is 4.74 Å². The van der Waals surface area contributed by atoms with Crippen LogP contribution in [0.25, 0.3) is 0 Å². The van der Waals surface area contributed by atoms with Crippen LogP contribution in [0.15, 0.2) is 24.3 Å². The van der Waals surface area contributed by atoms with E-state index in [9.17, 15) is 0 Å². The molecular formula is C11H14O. The van der Waals surface area contributed by atoms with Crippen molar-refractivity contribution in [2.75, 3.05) is 6.61 Å². The highest BCUT2D eigenvalue weighted by Crippen LogP contribution is 2.28. The van der Waals surface area contributed by atoms with Gasteiger partial charge in [0.15, 0.2) is 0 Å². The van der Waals surface area contributed by atoms with Crippen molar-refractivity contribution >= 4 is 0 Å². The zero-order valence-electron chi connectivity index (χ0n) is 7.42. The highest BCUT2D eigenvalue weighted by atomic mass is 16.5. The van der Waals surface area contributed by atoms with Gasteiger partial charge in [-0.25, -0.2) is 0 Å². The first-order valence-electron chi connectivity index (χ1n) is 4.54. The van der Waals surface area contributed by atoms with Crippen LogP contribution < -0.4 is 0 Å². The normalized spacial score (nSPS) is 22.9. The van der Waals surface area contributed by atoms with Crippen LogP contribution in [0.5, 0.6) is 0 Å². The predicted octanol–water partition coefficient (Wildman–Crippen LogP) is 2.85. The Balaban J connectivity index is 2.17. The SMILES string of the molecule is Cc1ccc([C@H]2CCCO2)cc1. The van der Waals surface area contributed by atoms with Crippen molar-refractivity contribution < 1.29 is 4.74 Å². The summed E-state index contributed by atoms with van der Waals surface area (Å²) in [6.45, 7) is 3.04. The largest absolute Gasteiger partial charge is 0.374 e. The van der Waals surface area contributed by atoms with E-state index >= 15 is 0 Å². The van der Waals surface area contributed by atoms with Crippen molar-refractivity contribution in [3.05, 3.63) is 35.4 Å². The van der Waals surface area contributed by atoms with Gasteiger partial charge in [0.2, 0.25) is 0 Å². The van der Waals surface area contributed by atoms with E-state index in [-0.39, 0.29) is 0 Å². The number of benzene rings is 1. The Morgan fingerprint density at radius 3 is 2.58 bits per heavy atom. The van der Waals surface area contributed by atoms with E-state index in [0.717, 1.165) is 6.61 Å². The number of rotatable bonds is 1. The molecular weight excluding hydrogens is 148 g/mol. The average molecular weight is 162 g/mol. The molecule has 1 saturated heterocycles. The standard InChI is InChI=1S/C11H14O/c1-9-4-6-10(7-5-9)11-3-2-8-12-11/h4-7,11H,2-3,8H2,1H3/t11-/m1/s1. The lowest BCUT2D eigenvalue weighted by atomic mass is 10.1. The second-order valence-corrected chi connectivity index (χ2v) is 3.41. The number of hydrogen-bond donors (Lipinski definition) is 0. The number of hydrogen-bond acceptors (Lipinski definition) is 1. The van der Waals surface area contributed by atoms with Crippen molar-refractivity contribution in [2.24, 2.45) is 0 Å². The van der Waals surface area contributed by atoms with Crippen LogP contribution in [0, 0.1) is 6.92 Å². The summed E-state index contributed by atoms with van der Waals surface area (Å²) in [4.78, 5) is 0. The maximum absolute atomic E-state index is 5.58. The fraction of sp³-hybridized carbons (Fsp3) is 0.455. The summed E-state index contributed by atoms with van der Waals surface area (Å²) < 4.78 is 5.58. The summed E-state index contributed by atoms with van der Waals surface area (Å²) >= 11 is 0. The molecule has 2 rings (SSSR count). The molecule has 1 aliphatic rings. The zero-order chi connectivity index (χ0) is 8.39. The van der Waals surface area contributed by atoms with Crippen LogP contribution >= 0.6 is 0 Å². The predicted molar refractivity (Wildman–Crippen MR) is 49.1 cm³/mol. The minimum Gasteiger partial charge on any atom is -0.374 e. The fourth-order valence-electron chi connectivity index (χ4n) is 1.62. The quantitative estimate of drug-likeness (QED) is 0.617. The number of aryl methyl sites for hydroxylation is 1. The first-order valence-corrected chi connectivity index (χ1v) is 4.54. The van der Waals surface area contributed by atoms with Gasteiger partial charge in [-0.1, -0.05) is 29.8 Å². The van der Waals surface area contributed by atoms with Gasteiger partial charge in [-0.05, 0) is 25.3 Å². The molecule has 64 valence electrons. The van der Waals surface area contributed by atoms with Gasteiger partial charge < -0.3 is 4.74 Å². The third kappa shape index (κ3) is 1.51. The van der Waals surface area contributed by atoms with Crippen molar-refractivity contribution in [3.8, 4) is 0 Å². The van der Waals surface area contributed by atoms with Gasteiger partial charge in [0.05, 0.1) is 6.10 Å². The van der Waals surface area contributed by atoms with E-state index in [1.54, 1.807) is 0 Å². The van der Waals surface area contributed by atoms with Crippen LogP contribution in [0.1, 0.15) is 30.1 Å². The van der Waals surface area contributed by atoms with E-state index in [1.807, 2.05) is 0 Å². The summed E-state index contributed by atoms with van der Waals surface area (Å²) in [6.07, 6.45) is 2.76. The second kappa shape index (κ2) is 3.28. The second-order valence-electron chi connectivity index (χ2n) is 3.41. The first kappa shape index (κ1) is 7.81. The van der Waals surface area contributed by atoms with Crippen molar-refractivity contribution in [1.82, 2.24) is 0 Å². The van der Waals surface area contributed by atoms with E-state index in [0.29, 0.717) is 6.10 Å². The molecule has 1 atom stereocenters. The third-order valence-corrected chi connectivity index (χ3v) is 2.38. The van der Waals surface area contributed by atoms with Gasteiger partial charge in [0, 0.05) is 6.61 Å². The lowest BCUT2D eigenvalue weighted by molar-refractivity contribution is 0.112. The number of ether oxygens (including phenoxy) is 1. The Hall–Kier alpha value is -0.820. The van der Waals surface area contributed by atoms with Crippen molar-refractivity contribution in [2.45, 2.75) is 25.9 Å². The summed E-state index contributed by atoms with van der Waals surface area (Å²) in [7, 11) is 0. The van der Waals surface area contributed by atoms with Crippen LogP contribution in [-0.2, 0) is 4.74 Å². The van der Waals surface area contributed by atoms with Gasteiger partial charge >= 0.3 is 0 Å². The zero-order valence-corrected chi connectivity index (χ0v) is 7.42. The van der Waals surface area contributed by atoms with Crippen LogP contribution in [0.4, 0.5) is 0 Å². The highest BCUT2D eigenvalue weighted by molar-refractivity contribution is 5.23. The molecule has 1 nitrogen and oxygen atoms in total. The molecule has 0 amide bonds. The third-order valence-electron chi connectivity index (χ3n) is 2.38. The minimum absolute atomic E-state index is 0.366. The lowest BCUT2D eigenvalue weighted by Gasteiger charge is -2.08. The molecule has 12 heavy (non-hydrogen) atoms. The molecule has 0 bridgehead atoms. The smallest absolute Gasteiger partial charge is 0.0825 e. The van der Waals surface area contributed by atoms with Gasteiger partial charge in [-0.3, -0.25) is 0 Å². The molecule has 0 unspecified atom stereocenters. The molecule has 0 N–H and O–H groups in total. The molecule has 1 aliphatic heterocycles. The van der Waals surface area contributed by atoms with Gasteiger partial charge in [0.1, 0.15) is 0 Å². The maximum Gasteiger partial charge on any atom is 0.0825 e. The van der Waals surface area contributed by atoms with Crippen molar-refractivity contribution in [1.29, 1.82) is 0 Å². The molecule has 1 aromatic carbocycles. The molecule has 0 aliphatic carbocycles. The minimum atomic E-state index is 0.366. The Kier molecular flexibility index (Phi) is 2.13. The van der Waals surface area contributed by atoms with Crippen LogP contribution in [0.2, 0.25) is 0 Å². The Bertz CT molecular complexity index is 244. The maximum atomic E-state index is 5.58. The van der Waals surface area contributed by atoms with Gasteiger partial charge in [0.25, 0.3) is 0 Å². The van der Waals surface area contributed by atoms with E-state index < -0.39 is 0 Å². The molecule has 1 heterocycles. The Morgan fingerprint density at radius 1 is 1.25 bits per heavy atom. The Morgan fingerprint density at radius 2 is 2.00 bits per heavy atom. The van der Waals surface area contributed by atoms with Gasteiger partial charge in [-0.15, -0.1) is 0 Å². The topological polar surface area (TPSA) is 9.23 Å². The first-order chi connectivity index (χ1) is 5.86. The molecule has 0 aromatic heterocycles. The Labute approximate surface area is 73.4 Å². The molecule has 0 spiro atoms.